The van der Waals surface area contributed by atoms with Crippen molar-refractivity contribution in [2.45, 2.75) is 31.7 Å². The van der Waals surface area contributed by atoms with Crippen LogP contribution in [-0.2, 0) is 0 Å². The Morgan fingerprint density at radius 2 is 1.85 bits per heavy atom. The van der Waals surface area contributed by atoms with E-state index in [0.717, 1.165) is 25.9 Å². The zero-order valence-electron chi connectivity index (χ0n) is 8.26. The smallest absolute Gasteiger partial charge is 0.256 e. The van der Waals surface area contributed by atoms with Gasteiger partial charge in [0.1, 0.15) is 0 Å². The number of nitrogens with two attached hydrogens (primary N) is 1. The SMILES string of the molecule is CN1CCC(C(C)(N)C(F)F)CC1. The van der Waals surface area contributed by atoms with Crippen molar-refractivity contribution in [2.24, 2.45) is 11.7 Å². The monoisotopic (exact) mass is 192 g/mol. The fourth-order valence-corrected chi connectivity index (χ4v) is 1.81. The van der Waals surface area contributed by atoms with Crippen LogP contribution in [0.25, 0.3) is 0 Å². The highest BCUT2D eigenvalue weighted by Crippen LogP contribution is 2.30. The molecule has 4 heteroatoms. The lowest BCUT2D eigenvalue weighted by Gasteiger charge is -2.38. The summed E-state index contributed by atoms with van der Waals surface area (Å²) >= 11 is 0. The van der Waals surface area contributed by atoms with Crippen LogP contribution in [-0.4, -0.2) is 37.0 Å². The molecule has 1 aliphatic rings. The molecule has 13 heavy (non-hydrogen) atoms. The number of nitrogens with zero attached hydrogens (tertiary/aromatic N) is 1. The summed E-state index contributed by atoms with van der Waals surface area (Å²) in [6.45, 7) is 3.22. The predicted octanol–water partition coefficient (Wildman–Crippen LogP) is 1.31. The Balaban J connectivity index is 2.52. The van der Waals surface area contributed by atoms with Gasteiger partial charge < -0.3 is 10.6 Å². The van der Waals surface area contributed by atoms with Crippen molar-refractivity contribution in [1.82, 2.24) is 4.90 Å². The topological polar surface area (TPSA) is 29.3 Å². The maximum Gasteiger partial charge on any atom is 0.256 e. The predicted molar refractivity (Wildman–Crippen MR) is 48.8 cm³/mol. The molecule has 0 aromatic heterocycles. The van der Waals surface area contributed by atoms with Crippen LogP contribution in [0.5, 0.6) is 0 Å². The van der Waals surface area contributed by atoms with Gasteiger partial charge >= 0.3 is 0 Å². The van der Waals surface area contributed by atoms with Gasteiger partial charge in [-0.15, -0.1) is 0 Å². The van der Waals surface area contributed by atoms with Crippen molar-refractivity contribution in [1.29, 1.82) is 0 Å². The van der Waals surface area contributed by atoms with Crippen molar-refractivity contribution in [3.63, 3.8) is 0 Å². The summed E-state index contributed by atoms with van der Waals surface area (Å²) in [7, 11) is 2.01. The van der Waals surface area contributed by atoms with E-state index in [2.05, 4.69) is 4.90 Å². The summed E-state index contributed by atoms with van der Waals surface area (Å²) in [5, 5.41) is 0. The lowest BCUT2D eigenvalue weighted by Crippen LogP contribution is -2.53. The number of halogens is 2. The third-order valence-electron chi connectivity index (χ3n) is 3.07. The Kier molecular flexibility index (Phi) is 3.24. The van der Waals surface area contributed by atoms with E-state index in [1.807, 2.05) is 7.05 Å². The molecule has 1 heterocycles. The van der Waals surface area contributed by atoms with Crippen LogP contribution in [0.4, 0.5) is 8.78 Å². The Labute approximate surface area is 78.1 Å². The van der Waals surface area contributed by atoms with Crippen molar-refractivity contribution < 1.29 is 8.78 Å². The molecule has 0 aromatic carbocycles. The molecule has 0 saturated carbocycles. The molecule has 1 saturated heterocycles. The second-order valence-corrected chi connectivity index (χ2v) is 4.24. The molecule has 1 fully saturated rings. The normalized spacial score (nSPS) is 26.3. The second kappa shape index (κ2) is 3.88. The minimum absolute atomic E-state index is 0.0382. The van der Waals surface area contributed by atoms with Crippen LogP contribution < -0.4 is 5.73 Å². The number of alkyl halides is 2. The van der Waals surface area contributed by atoms with Crippen LogP contribution in [0.1, 0.15) is 19.8 Å². The van der Waals surface area contributed by atoms with Crippen molar-refractivity contribution >= 4 is 0 Å². The fraction of sp³-hybridized carbons (Fsp3) is 1.00. The van der Waals surface area contributed by atoms with Gasteiger partial charge in [0.25, 0.3) is 6.43 Å². The average Bonchev–Trinajstić information content (AvgIpc) is 2.04. The van der Waals surface area contributed by atoms with Gasteiger partial charge in [0.15, 0.2) is 0 Å². The van der Waals surface area contributed by atoms with Crippen molar-refractivity contribution in [3.8, 4) is 0 Å². The number of rotatable bonds is 2. The molecule has 0 aromatic rings. The van der Waals surface area contributed by atoms with Gasteiger partial charge in [0, 0.05) is 0 Å². The van der Waals surface area contributed by atoms with Gasteiger partial charge in [-0.1, -0.05) is 0 Å². The van der Waals surface area contributed by atoms with Gasteiger partial charge in [0.05, 0.1) is 5.54 Å². The third kappa shape index (κ3) is 2.38. The summed E-state index contributed by atoms with van der Waals surface area (Å²) < 4.78 is 25.1. The zero-order valence-corrected chi connectivity index (χ0v) is 8.26. The Bertz CT molecular complexity index is 163. The molecule has 1 unspecified atom stereocenters. The van der Waals surface area contributed by atoms with E-state index >= 15 is 0 Å². The summed E-state index contributed by atoms with van der Waals surface area (Å²) in [4.78, 5) is 2.15. The van der Waals surface area contributed by atoms with Gasteiger partial charge in [-0.3, -0.25) is 0 Å². The van der Waals surface area contributed by atoms with Crippen molar-refractivity contribution in [3.05, 3.63) is 0 Å². The van der Waals surface area contributed by atoms with E-state index in [0.29, 0.717) is 0 Å². The first-order valence-corrected chi connectivity index (χ1v) is 4.70. The maximum atomic E-state index is 12.6. The highest BCUT2D eigenvalue weighted by molar-refractivity contribution is 4.91. The number of hydrogen-bond donors (Lipinski definition) is 1. The molecule has 1 atom stereocenters. The standard InChI is InChI=1S/C9H18F2N2/c1-9(12,8(10)11)7-3-5-13(2)6-4-7/h7-8H,3-6,12H2,1-2H3. The molecule has 2 nitrogen and oxygen atoms in total. The molecule has 1 aliphatic heterocycles. The van der Waals surface area contributed by atoms with Gasteiger partial charge in [0.2, 0.25) is 0 Å². The third-order valence-corrected chi connectivity index (χ3v) is 3.07. The van der Waals surface area contributed by atoms with E-state index in [1.54, 1.807) is 0 Å². The van der Waals surface area contributed by atoms with Gasteiger partial charge in [-0.2, -0.15) is 0 Å². The lowest BCUT2D eigenvalue weighted by molar-refractivity contribution is 0.00946. The largest absolute Gasteiger partial charge is 0.320 e. The molecule has 0 bridgehead atoms. The quantitative estimate of drug-likeness (QED) is 0.714. The fourth-order valence-electron chi connectivity index (χ4n) is 1.81. The highest BCUT2D eigenvalue weighted by atomic mass is 19.3. The number of hydrogen-bond acceptors (Lipinski definition) is 2. The summed E-state index contributed by atoms with van der Waals surface area (Å²) in [6.07, 6.45) is -0.845. The minimum atomic E-state index is -2.42. The molecular weight excluding hydrogens is 174 g/mol. The summed E-state index contributed by atoms with van der Waals surface area (Å²) in [6, 6.07) is 0. The first-order chi connectivity index (χ1) is 5.94. The summed E-state index contributed by atoms with van der Waals surface area (Å²) in [5.41, 5.74) is 4.31. The Morgan fingerprint density at radius 1 is 1.38 bits per heavy atom. The van der Waals surface area contributed by atoms with Crippen LogP contribution in [0.15, 0.2) is 0 Å². The van der Waals surface area contributed by atoms with Crippen LogP contribution in [0.2, 0.25) is 0 Å². The van der Waals surface area contributed by atoms with E-state index in [9.17, 15) is 8.78 Å². The first-order valence-electron chi connectivity index (χ1n) is 4.70. The molecule has 1 rings (SSSR count). The Hall–Kier alpha value is -0.220. The molecule has 0 aliphatic carbocycles. The molecule has 0 spiro atoms. The van der Waals surface area contributed by atoms with Crippen LogP contribution >= 0.6 is 0 Å². The Morgan fingerprint density at radius 3 is 2.23 bits per heavy atom. The molecule has 0 radical (unpaired) electrons. The zero-order chi connectivity index (χ0) is 10.1. The first kappa shape index (κ1) is 10.9. The highest BCUT2D eigenvalue weighted by Gasteiger charge is 2.39. The summed E-state index contributed by atoms with van der Waals surface area (Å²) in [5.74, 6) is -0.0382. The van der Waals surface area contributed by atoms with Gasteiger partial charge in [-0.25, -0.2) is 8.78 Å². The lowest BCUT2D eigenvalue weighted by atomic mass is 9.80. The van der Waals surface area contributed by atoms with Gasteiger partial charge in [-0.05, 0) is 45.8 Å². The number of piperidine rings is 1. The molecule has 0 amide bonds. The van der Waals surface area contributed by atoms with Crippen LogP contribution in [0.3, 0.4) is 0 Å². The molecule has 2 N–H and O–H groups in total. The van der Waals surface area contributed by atoms with Crippen molar-refractivity contribution in [2.75, 3.05) is 20.1 Å². The molecule has 78 valence electrons. The van der Waals surface area contributed by atoms with E-state index in [-0.39, 0.29) is 5.92 Å². The maximum absolute atomic E-state index is 12.6. The second-order valence-electron chi connectivity index (χ2n) is 4.24. The van der Waals surface area contributed by atoms with E-state index in [1.165, 1.54) is 6.92 Å². The van der Waals surface area contributed by atoms with E-state index in [4.69, 9.17) is 5.73 Å². The number of likely N-dealkylation sites (tertiary alicyclic amines) is 1. The van der Waals surface area contributed by atoms with Crippen LogP contribution in [0, 0.1) is 5.92 Å². The molecular formula is C9H18F2N2. The average molecular weight is 192 g/mol. The minimum Gasteiger partial charge on any atom is -0.320 e. The van der Waals surface area contributed by atoms with E-state index < -0.39 is 12.0 Å².